The second kappa shape index (κ2) is 4.83. The Bertz CT molecular complexity index is 775. The molecular weight excluding hydrogens is 276 g/mol. The van der Waals surface area contributed by atoms with Crippen molar-refractivity contribution >= 4 is 22.8 Å². The molecule has 0 bridgehead atoms. The molecule has 0 saturated carbocycles. The van der Waals surface area contributed by atoms with Gasteiger partial charge in [-0.3, -0.25) is 4.57 Å². The number of imidazole rings is 1. The van der Waals surface area contributed by atoms with E-state index in [9.17, 15) is 0 Å². The fourth-order valence-electron chi connectivity index (χ4n) is 2.47. The van der Waals surface area contributed by atoms with Gasteiger partial charge in [-0.05, 0) is 19.1 Å². The van der Waals surface area contributed by atoms with Crippen molar-refractivity contribution in [3.63, 3.8) is 0 Å². The Kier molecular flexibility index (Phi) is 3.14. The lowest BCUT2D eigenvalue weighted by Gasteiger charge is -2.12. The number of benzene rings is 1. The first kappa shape index (κ1) is 13.0. The monoisotopic (exact) mass is 290 g/mol. The second-order valence-corrected chi connectivity index (χ2v) is 4.82. The lowest BCUT2D eigenvalue weighted by Crippen LogP contribution is -2.05. The average Bonchev–Trinajstić information content (AvgIpc) is 2.97. The fraction of sp³-hybridized carbons (Fsp3) is 0.286. The van der Waals surface area contributed by atoms with E-state index >= 15 is 0 Å². The molecule has 20 heavy (non-hydrogen) atoms. The van der Waals surface area contributed by atoms with E-state index in [1.54, 1.807) is 7.11 Å². The highest BCUT2D eigenvalue weighted by atomic mass is 35.5. The number of methoxy groups -OCH3 is 1. The molecular formula is C14H15ClN4O. The molecule has 0 amide bonds. The lowest BCUT2D eigenvalue weighted by atomic mass is 10.3. The summed E-state index contributed by atoms with van der Waals surface area (Å²) in [5.41, 5.74) is 3.59. The van der Waals surface area contributed by atoms with Crippen molar-refractivity contribution in [1.82, 2.24) is 19.3 Å². The summed E-state index contributed by atoms with van der Waals surface area (Å²) in [7, 11) is 3.56. The molecule has 2 aromatic heterocycles. The van der Waals surface area contributed by atoms with Crippen LogP contribution in [0.25, 0.3) is 16.9 Å². The maximum Gasteiger partial charge on any atom is 0.163 e. The van der Waals surface area contributed by atoms with Gasteiger partial charge in [-0.25, -0.2) is 9.67 Å². The molecule has 0 aliphatic rings. The van der Waals surface area contributed by atoms with E-state index in [4.69, 9.17) is 16.3 Å². The Morgan fingerprint density at radius 1 is 1.30 bits per heavy atom. The molecule has 1 aromatic carbocycles. The third-order valence-electron chi connectivity index (χ3n) is 3.32. The second-order valence-electron chi connectivity index (χ2n) is 4.55. The molecule has 104 valence electrons. The van der Waals surface area contributed by atoms with E-state index in [-0.39, 0.29) is 0 Å². The predicted molar refractivity (Wildman–Crippen MR) is 78.7 cm³/mol. The van der Waals surface area contributed by atoms with Gasteiger partial charge < -0.3 is 4.74 Å². The van der Waals surface area contributed by atoms with Gasteiger partial charge in [-0.2, -0.15) is 5.10 Å². The van der Waals surface area contributed by atoms with Crippen molar-refractivity contribution in [2.24, 2.45) is 7.05 Å². The van der Waals surface area contributed by atoms with E-state index < -0.39 is 0 Å². The molecule has 0 aliphatic heterocycles. The number of hydrogen-bond acceptors (Lipinski definition) is 3. The van der Waals surface area contributed by atoms with Crippen LogP contribution in [0.3, 0.4) is 0 Å². The quantitative estimate of drug-likeness (QED) is 0.697. The van der Waals surface area contributed by atoms with Crippen LogP contribution in [0.15, 0.2) is 24.3 Å². The van der Waals surface area contributed by atoms with E-state index in [1.807, 2.05) is 47.5 Å². The number of alkyl halides is 1. The van der Waals surface area contributed by atoms with Crippen LogP contribution in [0.1, 0.15) is 11.5 Å². The van der Waals surface area contributed by atoms with Crippen molar-refractivity contribution < 1.29 is 4.74 Å². The van der Waals surface area contributed by atoms with E-state index in [2.05, 4.69) is 10.1 Å². The van der Waals surface area contributed by atoms with E-state index in [0.717, 1.165) is 34.1 Å². The Morgan fingerprint density at radius 2 is 2.05 bits per heavy atom. The first-order chi connectivity index (χ1) is 9.67. The van der Waals surface area contributed by atoms with Crippen molar-refractivity contribution in [3.8, 4) is 11.4 Å². The van der Waals surface area contributed by atoms with E-state index in [1.165, 1.54) is 0 Å². The predicted octanol–water partition coefficient (Wildman–Crippen LogP) is 2.81. The van der Waals surface area contributed by atoms with Crippen molar-refractivity contribution in [2.75, 3.05) is 7.11 Å². The average molecular weight is 291 g/mol. The molecule has 6 heteroatoms. The van der Waals surface area contributed by atoms with Gasteiger partial charge in [0.25, 0.3) is 0 Å². The number of aryl methyl sites for hydroxylation is 2. The van der Waals surface area contributed by atoms with E-state index in [0.29, 0.717) is 5.88 Å². The van der Waals surface area contributed by atoms with Crippen LogP contribution < -0.4 is 4.74 Å². The van der Waals surface area contributed by atoms with Crippen LogP contribution in [0, 0.1) is 6.92 Å². The summed E-state index contributed by atoms with van der Waals surface area (Å²) in [5, 5.41) is 4.42. The highest BCUT2D eigenvalue weighted by Crippen LogP contribution is 2.29. The third-order valence-corrected chi connectivity index (χ3v) is 3.56. The zero-order chi connectivity index (χ0) is 14.3. The Balaban J connectivity index is 2.39. The topological polar surface area (TPSA) is 44.9 Å². The molecule has 0 saturated heterocycles. The molecule has 0 fully saturated rings. The molecule has 0 N–H and O–H groups in total. The number of para-hydroxylation sites is 2. The Labute approximate surface area is 121 Å². The number of hydrogen-bond donors (Lipinski definition) is 0. The molecule has 0 aliphatic carbocycles. The number of fused-ring (bicyclic) bond motifs is 1. The first-order valence-corrected chi connectivity index (χ1v) is 6.81. The zero-order valence-corrected chi connectivity index (χ0v) is 12.3. The molecule has 0 unspecified atom stereocenters. The minimum Gasteiger partial charge on any atom is -0.495 e. The highest BCUT2D eigenvalue weighted by molar-refractivity contribution is 6.17. The van der Waals surface area contributed by atoms with Gasteiger partial charge >= 0.3 is 0 Å². The molecule has 2 heterocycles. The van der Waals surface area contributed by atoms with Gasteiger partial charge in [0.15, 0.2) is 5.65 Å². The summed E-state index contributed by atoms with van der Waals surface area (Å²) in [6.07, 6.45) is 0. The smallest absolute Gasteiger partial charge is 0.163 e. The van der Waals surface area contributed by atoms with Crippen LogP contribution in [0.5, 0.6) is 5.75 Å². The van der Waals surface area contributed by atoms with Crippen LogP contribution in [-0.2, 0) is 12.9 Å². The SMILES string of the molecule is COc1ccccc1-n1c(CCl)nc2c(C)nn(C)c21. The zero-order valence-electron chi connectivity index (χ0n) is 11.6. The Hall–Kier alpha value is -2.01. The maximum absolute atomic E-state index is 6.06. The summed E-state index contributed by atoms with van der Waals surface area (Å²) in [6.45, 7) is 1.94. The standard InChI is InChI=1S/C14H15ClN4O/c1-9-13-14(18(2)17-9)19(12(8-15)16-13)10-6-4-5-7-11(10)20-3/h4-7H,8H2,1-3H3. The molecule has 0 spiro atoms. The number of ether oxygens (including phenoxy) is 1. The normalized spacial score (nSPS) is 11.2. The molecule has 5 nitrogen and oxygen atoms in total. The van der Waals surface area contributed by atoms with Gasteiger partial charge in [-0.15, -0.1) is 11.6 Å². The number of rotatable bonds is 3. The molecule has 3 aromatic rings. The molecule has 3 rings (SSSR count). The first-order valence-electron chi connectivity index (χ1n) is 6.27. The van der Waals surface area contributed by atoms with Crippen LogP contribution in [0.2, 0.25) is 0 Å². The van der Waals surface area contributed by atoms with Gasteiger partial charge in [-0.1, -0.05) is 12.1 Å². The van der Waals surface area contributed by atoms with Crippen molar-refractivity contribution in [3.05, 3.63) is 35.8 Å². The summed E-state index contributed by atoms with van der Waals surface area (Å²) in [5.74, 6) is 1.88. The van der Waals surface area contributed by atoms with Crippen LogP contribution in [-0.4, -0.2) is 26.4 Å². The van der Waals surface area contributed by atoms with Crippen LogP contribution in [0.4, 0.5) is 0 Å². The summed E-state index contributed by atoms with van der Waals surface area (Å²) in [4.78, 5) is 4.60. The minimum atomic E-state index is 0.326. The van der Waals surface area contributed by atoms with Crippen molar-refractivity contribution in [2.45, 2.75) is 12.8 Å². The maximum atomic E-state index is 6.06. The van der Waals surface area contributed by atoms with Gasteiger partial charge in [0.1, 0.15) is 17.1 Å². The highest BCUT2D eigenvalue weighted by Gasteiger charge is 2.19. The van der Waals surface area contributed by atoms with Gasteiger partial charge in [0.2, 0.25) is 0 Å². The minimum absolute atomic E-state index is 0.326. The van der Waals surface area contributed by atoms with Crippen LogP contribution >= 0.6 is 11.6 Å². The Morgan fingerprint density at radius 3 is 2.75 bits per heavy atom. The molecule has 0 atom stereocenters. The summed E-state index contributed by atoms with van der Waals surface area (Å²) >= 11 is 6.06. The van der Waals surface area contributed by atoms with Gasteiger partial charge in [0, 0.05) is 7.05 Å². The summed E-state index contributed by atoms with van der Waals surface area (Å²) < 4.78 is 9.26. The molecule has 0 radical (unpaired) electrons. The van der Waals surface area contributed by atoms with Crippen molar-refractivity contribution in [1.29, 1.82) is 0 Å². The number of aromatic nitrogens is 4. The summed E-state index contributed by atoms with van der Waals surface area (Å²) in [6, 6.07) is 7.80. The number of halogens is 1. The number of nitrogens with zero attached hydrogens (tertiary/aromatic N) is 4. The largest absolute Gasteiger partial charge is 0.495 e. The third kappa shape index (κ3) is 1.78. The van der Waals surface area contributed by atoms with Gasteiger partial charge in [0.05, 0.1) is 24.4 Å². The fourth-order valence-corrected chi connectivity index (χ4v) is 2.65. The lowest BCUT2D eigenvalue weighted by molar-refractivity contribution is 0.412.